The molecule has 24 heteroatoms. The Morgan fingerprint density at radius 3 is 1.37 bits per heavy atom. The lowest BCUT2D eigenvalue weighted by atomic mass is 10.0. The average molecular weight is 1100 g/mol. The summed E-state index contributed by atoms with van der Waals surface area (Å²) in [5.74, 6) is 0.322. The summed E-state index contributed by atoms with van der Waals surface area (Å²) in [7, 11) is -16.6. The van der Waals surface area contributed by atoms with Crippen LogP contribution >= 0.6 is 23.2 Å². The number of aromatic hydroxyl groups is 1. The van der Waals surface area contributed by atoms with E-state index in [2.05, 4.69) is 24.1 Å². The Morgan fingerprint density at radius 1 is 0.521 bits per heavy atom. The first-order valence-corrected chi connectivity index (χ1v) is 26.1. The molecular formula is C49H33Cl2F6N5O8S3. The number of hydrogen-bond donors (Lipinski definition) is 1. The maximum absolute atomic E-state index is 13.0. The highest BCUT2D eigenvalue weighted by Gasteiger charge is 2.53. The van der Waals surface area contributed by atoms with E-state index in [1.165, 1.54) is 24.4 Å². The fourth-order valence-electron chi connectivity index (χ4n) is 6.78. The van der Waals surface area contributed by atoms with E-state index in [0.29, 0.717) is 44.3 Å². The number of sulfonamides is 2. The zero-order chi connectivity index (χ0) is 52.9. The average Bonchev–Trinajstić information content (AvgIpc) is 3.34. The van der Waals surface area contributed by atoms with Crippen molar-refractivity contribution >= 4 is 80.9 Å². The van der Waals surface area contributed by atoms with Gasteiger partial charge in [0.25, 0.3) is 0 Å². The van der Waals surface area contributed by atoms with E-state index < -0.39 is 56.3 Å². The summed E-state index contributed by atoms with van der Waals surface area (Å²) >= 11 is 12.5. The van der Waals surface area contributed by atoms with Gasteiger partial charge in [-0.15, -0.1) is 0 Å². The zero-order valence-corrected chi connectivity index (χ0v) is 41.0. The molecule has 376 valence electrons. The molecule has 0 amide bonds. The number of para-hydroxylation sites is 1. The number of rotatable bonds is 9. The van der Waals surface area contributed by atoms with Crippen molar-refractivity contribution in [1.29, 1.82) is 0 Å². The van der Waals surface area contributed by atoms with Crippen LogP contribution in [0, 0.1) is 0 Å². The number of halogens is 8. The number of hydrogen-bond acceptors (Lipinski definition) is 12. The fourth-order valence-corrected chi connectivity index (χ4v) is 10.5. The van der Waals surface area contributed by atoms with E-state index in [1.54, 1.807) is 72.9 Å². The first-order valence-electron chi connectivity index (χ1n) is 20.6. The molecule has 0 aliphatic carbocycles. The van der Waals surface area contributed by atoms with Crippen molar-refractivity contribution in [2.75, 3.05) is 9.97 Å². The first-order chi connectivity index (χ1) is 34.4. The van der Waals surface area contributed by atoms with Crippen molar-refractivity contribution in [3.63, 3.8) is 0 Å². The van der Waals surface area contributed by atoms with Gasteiger partial charge in [0, 0.05) is 55.5 Å². The normalized spacial score (nSPS) is 12.0. The number of aromatic nitrogens is 4. The smallest absolute Gasteiger partial charge is 0.506 e. The van der Waals surface area contributed by atoms with Crippen LogP contribution in [0.2, 0.25) is 10.0 Å². The molecular weight excluding hydrogens is 1070 g/mol. The van der Waals surface area contributed by atoms with Gasteiger partial charge in [-0.05, 0) is 59.7 Å². The van der Waals surface area contributed by atoms with Crippen molar-refractivity contribution < 1.29 is 60.9 Å². The van der Waals surface area contributed by atoms with E-state index in [4.69, 9.17) is 23.2 Å². The van der Waals surface area contributed by atoms with Crippen LogP contribution in [0.5, 0.6) is 11.5 Å². The Hall–Kier alpha value is -7.37. The lowest BCUT2D eigenvalue weighted by Gasteiger charge is -2.22. The van der Waals surface area contributed by atoms with Gasteiger partial charge in [0.2, 0.25) is 10.0 Å². The number of phenolic OH excluding ortho intramolecular Hbond substituents is 1. The van der Waals surface area contributed by atoms with Gasteiger partial charge in [0.05, 0.1) is 11.9 Å². The molecule has 1 N–H and O–H groups in total. The molecule has 0 aliphatic rings. The quantitative estimate of drug-likeness (QED) is 0.0820. The van der Waals surface area contributed by atoms with Gasteiger partial charge in [-0.2, -0.15) is 46.9 Å². The molecule has 73 heavy (non-hydrogen) atoms. The summed E-state index contributed by atoms with van der Waals surface area (Å²) in [4.78, 5) is 17.4. The monoisotopic (exact) mass is 1100 g/mol. The molecule has 9 rings (SSSR count). The highest BCUT2D eigenvalue weighted by atomic mass is 35.5. The molecule has 0 bridgehead atoms. The standard InChI is InChI=1S/C21H12ClF3N2O3S.C20H13ClN2O.C8H8F3NO4S2/c22-17-9-5-4-8-16(17)14-10-15-12-26-20(13-6-2-1-3-7-13)27-19(15)18(11-14)30-31(28,29)21(23,24)25;21-17-9-5-4-8-16(17)14-10-15-12-22-20(13-6-2-1-3-7-13)23-19(15)18(24)11-14;1-17(13,14)12(7-5-3-2-4-6-7)18(15,16)8(9,10)11/h1-12H;1-12,24H;2-6H,1H3. The minimum Gasteiger partial charge on any atom is -0.506 e. The molecule has 9 aromatic rings. The lowest BCUT2D eigenvalue weighted by Crippen LogP contribution is -2.44. The van der Waals surface area contributed by atoms with E-state index in [0.717, 1.165) is 40.3 Å². The van der Waals surface area contributed by atoms with E-state index in [9.17, 15) is 56.7 Å². The molecule has 0 spiro atoms. The summed E-state index contributed by atoms with van der Waals surface area (Å²) in [6.07, 6.45) is 3.49. The minimum atomic E-state index is -6.00. The number of anilines is 1. The molecule has 2 aromatic heterocycles. The molecule has 0 saturated heterocycles. The molecule has 0 unspecified atom stereocenters. The third-order valence-electron chi connectivity index (χ3n) is 10.0. The minimum absolute atomic E-state index is 0.0857. The van der Waals surface area contributed by atoms with Crippen LogP contribution in [0.4, 0.5) is 32.0 Å². The Kier molecular flexibility index (Phi) is 15.6. The number of alkyl halides is 6. The SMILES string of the molecule is CS(=O)(=O)N(c1ccccc1)S(=O)(=O)C(F)(F)F.O=S(=O)(Oc1cc(-c2ccccc2Cl)cc2cnc(-c3ccccc3)nc12)C(F)(F)F.Oc1cc(-c2ccccc2Cl)cc2cnc(-c3ccccc3)nc12. The molecule has 13 nitrogen and oxygen atoms in total. The van der Waals surface area contributed by atoms with Gasteiger partial charge in [-0.1, -0.05) is 138 Å². The lowest BCUT2D eigenvalue weighted by molar-refractivity contribution is -0.0500. The van der Waals surface area contributed by atoms with Crippen molar-refractivity contribution in [3.8, 4) is 56.5 Å². The highest BCUT2D eigenvalue weighted by molar-refractivity contribution is 8.10. The van der Waals surface area contributed by atoms with Crippen LogP contribution in [0.25, 0.3) is 66.8 Å². The number of nitrogens with zero attached hydrogens (tertiary/aromatic N) is 5. The molecule has 0 saturated carbocycles. The topological polar surface area (TPSA) is 187 Å². The third-order valence-corrected chi connectivity index (χ3v) is 15.1. The van der Waals surface area contributed by atoms with Gasteiger partial charge in [0.1, 0.15) is 16.8 Å². The van der Waals surface area contributed by atoms with Crippen LogP contribution in [0.3, 0.4) is 0 Å². The second-order valence-corrected chi connectivity index (χ2v) is 21.3. The summed E-state index contributed by atoms with van der Waals surface area (Å²) < 4.78 is 148. The van der Waals surface area contributed by atoms with Crippen molar-refractivity contribution in [2.45, 2.75) is 11.0 Å². The van der Waals surface area contributed by atoms with Gasteiger partial charge < -0.3 is 9.29 Å². The van der Waals surface area contributed by atoms with Crippen molar-refractivity contribution in [2.24, 2.45) is 0 Å². The second-order valence-electron chi connectivity index (χ2n) is 15.2. The van der Waals surface area contributed by atoms with Gasteiger partial charge in [-0.25, -0.2) is 28.4 Å². The Bertz CT molecular complexity index is 3810. The molecule has 2 heterocycles. The van der Waals surface area contributed by atoms with Gasteiger partial charge in [-0.3, -0.25) is 0 Å². The predicted molar refractivity (Wildman–Crippen MR) is 267 cm³/mol. The Balaban J connectivity index is 0.000000167. The van der Waals surface area contributed by atoms with Gasteiger partial charge >= 0.3 is 31.2 Å². The molecule has 0 atom stereocenters. The van der Waals surface area contributed by atoms with Crippen LogP contribution in [0.15, 0.2) is 176 Å². The zero-order valence-electron chi connectivity index (χ0n) is 37.0. The Labute approximate surface area is 423 Å². The molecule has 7 aromatic carbocycles. The summed E-state index contributed by atoms with van der Waals surface area (Å²) in [5.41, 5.74) is -7.42. The largest absolute Gasteiger partial charge is 0.534 e. The van der Waals surface area contributed by atoms with Gasteiger partial charge in [0.15, 0.2) is 17.4 Å². The highest BCUT2D eigenvalue weighted by Crippen LogP contribution is 2.39. The second kappa shape index (κ2) is 21.4. The van der Waals surface area contributed by atoms with Crippen LogP contribution < -0.4 is 7.89 Å². The number of fused-ring (bicyclic) bond motifs is 2. The Morgan fingerprint density at radius 2 is 0.932 bits per heavy atom. The third kappa shape index (κ3) is 12.3. The van der Waals surface area contributed by atoms with E-state index in [1.807, 2.05) is 60.7 Å². The van der Waals surface area contributed by atoms with Crippen molar-refractivity contribution in [3.05, 3.63) is 186 Å². The fraction of sp³-hybridized carbons (Fsp3) is 0.0612. The first kappa shape index (κ1) is 53.4. The van der Waals surface area contributed by atoms with Crippen LogP contribution in [0.1, 0.15) is 0 Å². The van der Waals surface area contributed by atoms with Crippen molar-refractivity contribution in [1.82, 2.24) is 19.9 Å². The summed E-state index contributed by atoms with van der Waals surface area (Å²) in [6, 6.07) is 44.7. The number of phenols is 1. The number of benzene rings is 7. The summed E-state index contributed by atoms with van der Waals surface area (Å²) in [5, 5.41) is 12.5. The molecule has 0 fully saturated rings. The maximum atomic E-state index is 13.0. The molecule has 0 radical (unpaired) electrons. The van der Waals surface area contributed by atoms with E-state index in [-0.39, 0.29) is 22.5 Å². The maximum Gasteiger partial charge on any atom is 0.534 e. The predicted octanol–water partition coefficient (Wildman–Crippen LogP) is 12.5. The summed E-state index contributed by atoms with van der Waals surface area (Å²) in [6.45, 7) is 0. The van der Waals surface area contributed by atoms with Crippen LogP contribution in [-0.2, 0) is 30.2 Å². The molecule has 0 aliphatic heterocycles. The van der Waals surface area contributed by atoms with Crippen LogP contribution in [-0.4, -0.2) is 67.6 Å². The van der Waals surface area contributed by atoms with E-state index >= 15 is 0 Å².